The topological polar surface area (TPSA) is 76.6 Å². The number of carbonyl (C=O) groups is 1. The summed E-state index contributed by atoms with van der Waals surface area (Å²) in [4.78, 5) is 18.1. The maximum atomic E-state index is 12.9. The van der Waals surface area contributed by atoms with Gasteiger partial charge >= 0.3 is 0 Å². The molecule has 1 amide bonds. The van der Waals surface area contributed by atoms with Crippen molar-refractivity contribution in [1.29, 1.82) is 0 Å². The number of rotatable bonds is 7. The van der Waals surface area contributed by atoms with E-state index in [0.717, 1.165) is 16.8 Å². The van der Waals surface area contributed by atoms with Crippen molar-refractivity contribution >= 4 is 17.8 Å². The summed E-state index contributed by atoms with van der Waals surface area (Å²) in [5, 5.41) is 9.91. The molecule has 0 radical (unpaired) electrons. The van der Waals surface area contributed by atoms with Crippen LogP contribution in [0, 0.1) is 6.92 Å². The largest absolute Gasteiger partial charge is 0.496 e. The second kappa shape index (κ2) is 9.30. The van der Waals surface area contributed by atoms with E-state index in [4.69, 9.17) is 14.0 Å². The molecule has 1 atom stereocenters. The molecule has 0 unspecified atom stereocenters. The molecule has 1 aromatic heterocycles. The molecule has 0 aliphatic carbocycles. The number of amides is 1. The van der Waals surface area contributed by atoms with Gasteiger partial charge in [-0.1, -0.05) is 47.1 Å². The number of hydrogen-bond donors (Lipinski definition) is 0. The van der Waals surface area contributed by atoms with Crippen LogP contribution in [0.1, 0.15) is 34.9 Å². The molecule has 0 saturated carbocycles. The molecule has 1 aliphatic heterocycles. The summed E-state index contributed by atoms with van der Waals surface area (Å²) >= 11 is 0. The predicted octanol–water partition coefficient (Wildman–Crippen LogP) is 4.33. The number of para-hydroxylation sites is 1. The van der Waals surface area contributed by atoms with Crippen molar-refractivity contribution in [1.82, 2.24) is 5.01 Å². The fraction of sp³-hybridized carbons (Fsp3) is 0.208. The molecule has 0 N–H and O–H groups in total. The third-order valence-electron chi connectivity index (χ3n) is 5.02. The van der Waals surface area contributed by atoms with Gasteiger partial charge in [0.25, 0.3) is 5.91 Å². The van der Waals surface area contributed by atoms with Gasteiger partial charge in [0.1, 0.15) is 17.6 Å². The number of carbonyl (C=O) groups excluding carboxylic acids is 1. The maximum Gasteiger partial charge on any atom is 0.284 e. The highest BCUT2D eigenvalue weighted by Crippen LogP contribution is 2.33. The lowest BCUT2D eigenvalue weighted by Crippen LogP contribution is -2.29. The van der Waals surface area contributed by atoms with Crippen LogP contribution in [0.15, 0.2) is 81.6 Å². The van der Waals surface area contributed by atoms with E-state index in [0.29, 0.717) is 17.9 Å². The van der Waals surface area contributed by atoms with Crippen LogP contribution in [0.25, 0.3) is 0 Å². The van der Waals surface area contributed by atoms with E-state index in [2.05, 4.69) is 10.3 Å². The van der Waals surface area contributed by atoms with E-state index in [-0.39, 0.29) is 18.6 Å². The number of nitrogens with zero attached hydrogens (tertiary/aromatic N) is 3. The second-order valence-electron chi connectivity index (χ2n) is 7.14. The fourth-order valence-corrected chi connectivity index (χ4v) is 3.39. The molecule has 0 saturated heterocycles. The van der Waals surface area contributed by atoms with Gasteiger partial charge in [0.15, 0.2) is 6.61 Å². The maximum absolute atomic E-state index is 12.9. The first-order valence-corrected chi connectivity index (χ1v) is 9.94. The summed E-state index contributed by atoms with van der Waals surface area (Å²) < 4.78 is 10.8. The van der Waals surface area contributed by atoms with E-state index >= 15 is 0 Å². The smallest absolute Gasteiger partial charge is 0.284 e. The van der Waals surface area contributed by atoms with Crippen molar-refractivity contribution in [2.75, 3.05) is 13.7 Å². The minimum Gasteiger partial charge on any atom is -0.496 e. The van der Waals surface area contributed by atoms with Crippen molar-refractivity contribution in [3.63, 3.8) is 0 Å². The summed E-state index contributed by atoms with van der Waals surface area (Å²) in [5.41, 5.74) is 3.73. The number of oxime groups is 1. The van der Waals surface area contributed by atoms with Crippen LogP contribution in [0.2, 0.25) is 0 Å². The Morgan fingerprint density at radius 3 is 2.74 bits per heavy atom. The van der Waals surface area contributed by atoms with Crippen molar-refractivity contribution in [3.05, 3.63) is 89.4 Å². The Labute approximate surface area is 180 Å². The standard InChI is InChI=1S/C24H23N3O4/c1-17-9-11-18(12-10-17)20-14-21(23-8-5-13-30-23)27(26-20)24(28)16-31-25-15-19-6-3-4-7-22(19)29-2/h3-13,15,21H,14,16H2,1-2H3/b25-15-/t21-/m1/s1. The molecule has 0 spiro atoms. The Balaban J connectivity index is 1.47. The molecule has 158 valence electrons. The van der Waals surface area contributed by atoms with Crippen molar-refractivity contribution in [2.24, 2.45) is 10.3 Å². The summed E-state index contributed by atoms with van der Waals surface area (Å²) in [6.45, 7) is 1.79. The van der Waals surface area contributed by atoms with Crippen LogP contribution in [-0.2, 0) is 9.63 Å². The van der Waals surface area contributed by atoms with Gasteiger partial charge < -0.3 is 14.0 Å². The van der Waals surface area contributed by atoms with Gasteiger partial charge in [-0.15, -0.1) is 0 Å². The van der Waals surface area contributed by atoms with Crippen LogP contribution in [0.4, 0.5) is 0 Å². The van der Waals surface area contributed by atoms with Crippen LogP contribution in [-0.4, -0.2) is 36.6 Å². The van der Waals surface area contributed by atoms with Crippen molar-refractivity contribution < 1.29 is 18.8 Å². The van der Waals surface area contributed by atoms with E-state index in [9.17, 15) is 4.79 Å². The highest BCUT2D eigenvalue weighted by atomic mass is 16.6. The summed E-state index contributed by atoms with van der Waals surface area (Å²) in [6.07, 6.45) is 3.67. The quantitative estimate of drug-likeness (QED) is 0.424. The van der Waals surface area contributed by atoms with Gasteiger partial charge in [0.05, 0.1) is 25.3 Å². The molecule has 4 rings (SSSR count). The SMILES string of the molecule is COc1ccccc1/C=N\OCC(=O)N1N=C(c2ccc(C)cc2)C[C@@H]1c1ccco1. The number of ether oxygens (including phenoxy) is 1. The van der Waals surface area contributed by atoms with Crippen LogP contribution < -0.4 is 4.74 Å². The third kappa shape index (κ3) is 4.66. The lowest BCUT2D eigenvalue weighted by atomic mass is 10.0. The van der Waals surface area contributed by atoms with Gasteiger partial charge in [0.2, 0.25) is 0 Å². The molecule has 31 heavy (non-hydrogen) atoms. The predicted molar refractivity (Wildman–Crippen MR) is 117 cm³/mol. The summed E-state index contributed by atoms with van der Waals surface area (Å²) in [6, 6.07) is 18.8. The van der Waals surface area contributed by atoms with E-state index in [1.165, 1.54) is 16.8 Å². The average Bonchev–Trinajstić information content (AvgIpc) is 3.47. The first-order chi connectivity index (χ1) is 15.2. The van der Waals surface area contributed by atoms with E-state index in [1.807, 2.05) is 61.5 Å². The molecule has 2 heterocycles. The van der Waals surface area contributed by atoms with Gasteiger partial charge in [-0.25, -0.2) is 5.01 Å². The Morgan fingerprint density at radius 1 is 1.19 bits per heavy atom. The average molecular weight is 417 g/mol. The summed E-state index contributed by atoms with van der Waals surface area (Å²) in [7, 11) is 1.59. The Bertz CT molecular complexity index is 1090. The van der Waals surface area contributed by atoms with Crippen LogP contribution in [0.3, 0.4) is 0 Å². The number of hydrazone groups is 1. The molecule has 1 aliphatic rings. The number of benzene rings is 2. The van der Waals surface area contributed by atoms with Crippen LogP contribution in [0.5, 0.6) is 5.75 Å². The Kier molecular flexibility index (Phi) is 6.12. The minimum absolute atomic E-state index is 0.243. The van der Waals surface area contributed by atoms with Gasteiger partial charge in [-0.2, -0.15) is 5.10 Å². The lowest BCUT2D eigenvalue weighted by Gasteiger charge is -2.19. The number of hydrogen-bond acceptors (Lipinski definition) is 6. The van der Waals surface area contributed by atoms with Crippen molar-refractivity contribution in [3.8, 4) is 5.75 Å². The fourth-order valence-electron chi connectivity index (χ4n) is 3.39. The number of methoxy groups -OCH3 is 1. The zero-order valence-electron chi connectivity index (χ0n) is 17.4. The molecular weight excluding hydrogens is 394 g/mol. The van der Waals surface area contributed by atoms with Crippen LogP contribution >= 0.6 is 0 Å². The molecule has 0 fully saturated rings. The van der Waals surface area contributed by atoms with E-state index in [1.54, 1.807) is 19.4 Å². The minimum atomic E-state index is -0.319. The van der Waals surface area contributed by atoms with Gasteiger partial charge in [-0.05, 0) is 36.8 Å². The molecule has 7 heteroatoms. The summed E-state index contributed by atoms with van der Waals surface area (Å²) in [5.74, 6) is 1.04. The third-order valence-corrected chi connectivity index (χ3v) is 5.02. The zero-order valence-corrected chi connectivity index (χ0v) is 17.4. The molecule has 3 aromatic rings. The Morgan fingerprint density at radius 2 is 2.00 bits per heavy atom. The molecule has 2 aromatic carbocycles. The second-order valence-corrected chi connectivity index (χ2v) is 7.14. The molecular formula is C24H23N3O4. The lowest BCUT2D eigenvalue weighted by molar-refractivity contribution is -0.138. The first-order valence-electron chi connectivity index (χ1n) is 9.94. The highest BCUT2D eigenvalue weighted by Gasteiger charge is 2.35. The zero-order chi connectivity index (χ0) is 21.6. The van der Waals surface area contributed by atoms with Crippen molar-refractivity contribution in [2.45, 2.75) is 19.4 Å². The number of aryl methyl sites for hydroxylation is 1. The van der Waals surface area contributed by atoms with E-state index < -0.39 is 0 Å². The molecule has 0 bridgehead atoms. The van der Waals surface area contributed by atoms with Gasteiger partial charge in [0, 0.05) is 12.0 Å². The first kappa shape index (κ1) is 20.4. The highest BCUT2D eigenvalue weighted by molar-refractivity contribution is 6.03. The molecule has 7 nitrogen and oxygen atoms in total. The number of furan rings is 1. The Hall–Kier alpha value is -3.87. The van der Waals surface area contributed by atoms with Gasteiger partial charge in [-0.3, -0.25) is 4.79 Å². The normalized spacial score (nSPS) is 15.9. The monoisotopic (exact) mass is 417 g/mol.